The van der Waals surface area contributed by atoms with Gasteiger partial charge in [-0.25, -0.2) is 4.99 Å². The van der Waals surface area contributed by atoms with Crippen molar-refractivity contribution in [1.82, 2.24) is 20.9 Å². The number of carbonyl (C=O) groups is 1. The van der Waals surface area contributed by atoms with Crippen LogP contribution < -0.4 is 25.4 Å². The minimum atomic E-state index is -0.0635. The van der Waals surface area contributed by atoms with E-state index in [4.69, 9.17) is 9.47 Å². The zero-order valence-electron chi connectivity index (χ0n) is 19.1. The summed E-state index contributed by atoms with van der Waals surface area (Å²) in [7, 11) is 3.96. The van der Waals surface area contributed by atoms with Crippen LogP contribution in [0.2, 0.25) is 0 Å². The average molecular weight is 440 g/mol. The Labute approximate surface area is 190 Å². The molecule has 0 spiro atoms. The maximum absolute atomic E-state index is 12.4. The van der Waals surface area contributed by atoms with Gasteiger partial charge in [0, 0.05) is 31.7 Å². The van der Waals surface area contributed by atoms with Crippen molar-refractivity contribution < 1.29 is 14.3 Å². The molecule has 8 nitrogen and oxygen atoms in total. The number of nitrogens with zero attached hydrogens (tertiary/aromatic N) is 2. The van der Waals surface area contributed by atoms with Crippen LogP contribution in [-0.2, 0) is 13.0 Å². The van der Waals surface area contributed by atoms with Crippen LogP contribution in [-0.4, -0.2) is 63.8 Å². The van der Waals surface area contributed by atoms with Crippen LogP contribution in [0.3, 0.4) is 0 Å². The average Bonchev–Trinajstić information content (AvgIpc) is 3.25. The van der Waals surface area contributed by atoms with Gasteiger partial charge in [0.05, 0.1) is 6.54 Å². The van der Waals surface area contributed by atoms with Gasteiger partial charge >= 0.3 is 0 Å². The number of nitrogens with one attached hydrogen (secondary N) is 3. The zero-order valence-corrected chi connectivity index (χ0v) is 19.1. The fourth-order valence-corrected chi connectivity index (χ4v) is 3.24. The third-order valence-corrected chi connectivity index (χ3v) is 4.94. The van der Waals surface area contributed by atoms with Crippen LogP contribution >= 0.6 is 0 Å². The quantitative estimate of drug-likeness (QED) is 0.388. The molecule has 0 saturated carbocycles. The van der Waals surface area contributed by atoms with Crippen molar-refractivity contribution in [2.45, 2.75) is 19.9 Å². The molecule has 0 atom stereocenters. The summed E-state index contributed by atoms with van der Waals surface area (Å²) in [6, 6.07) is 13.6. The second-order valence-corrected chi connectivity index (χ2v) is 7.82. The first-order chi connectivity index (χ1) is 15.5. The molecule has 32 heavy (non-hydrogen) atoms. The monoisotopic (exact) mass is 439 g/mol. The number of likely N-dealkylation sites (N-methyl/N-ethyl adjacent to an activating group) is 1. The summed E-state index contributed by atoms with van der Waals surface area (Å²) in [6.45, 7) is 5.73. The van der Waals surface area contributed by atoms with Gasteiger partial charge in [0.1, 0.15) is 0 Å². The number of ether oxygens (including phenoxy) is 2. The molecule has 1 aliphatic rings. The van der Waals surface area contributed by atoms with E-state index in [1.165, 1.54) is 5.56 Å². The summed E-state index contributed by atoms with van der Waals surface area (Å²) in [5.74, 6) is 2.28. The molecule has 172 valence electrons. The Morgan fingerprint density at radius 3 is 2.66 bits per heavy atom. The van der Waals surface area contributed by atoms with Crippen molar-refractivity contribution in [2.75, 3.05) is 47.1 Å². The van der Waals surface area contributed by atoms with Gasteiger partial charge in [-0.1, -0.05) is 18.2 Å². The van der Waals surface area contributed by atoms with Gasteiger partial charge in [0.2, 0.25) is 6.79 Å². The third-order valence-electron chi connectivity index (χ3n) is 4.94. The van der Waals surface area contributed by atoms with Crippen molar-refractivity contribution in [1.29, 1.82) is 0 Å². The van der Waals surface area contributed by atoms with Crippen molar-refractivity contribution in [2.24, 2.45) is 4.99 Å². The summed E-state index contributed by atoms with van der Waals surface area (Å²) in [5, 5.41) is 9.58. The summed E-state index contributed by atoms with van der Waals surface area (Å²) in [6.07, 6.45) is 0.837. The fraction of sp³-hybridized carbons (Fsp3) is 0.417. The highest BCUT2D eigenvalue weighted by Gasteiger charge is 2.13. The molecule has 1 amide bonds. The number of amides is 1. The molecule has 0 saturated heterocycles. The van der Waals surface area contributed by atoms with Crippen molar-refractivity contribution in [3.63, 3.8) is 0 Å². The van der Waals surface area contributed by atoms with Gasteiger partial charge in [-0.3, -0.25) is 4.79 Å². The first kappa shape index (κ1) is 23.4. The molecule has 0 radical (unpaired) electrons. The highest BCUT2D eigenvalue weighted by Crippen LogP contribution is 2.32. The number of benzene rings is 2. The van der Waals surface area contributed by atoms with Crippen LogP contribution in [0.4, 0.5) is 0 Å². The van der Waals surface area contributed by atoms with E-state index in [0.717, 1.165) is 49.1 Å². The molecular formula is C24H33N5O3. The Morgan fingerprint density at radius 1 is 1.00 bits per heavy atom. The lowest BCUT2D eigenvalue weighted by Gasteiger charge is -2.12. The maximum atomic E-state index is 12.4. The molecular weight excluding hydrogens is 406 g/mol. The smallest absolute Gasteiger partial charge is 0.251 e. The number of carbonyl (C=O) groups excluding carboxylic acids is 1. The van der Waals surface area contributed by atoms with E-state index in [1.54, 1.807) is 0 Å². The molecule has 1 heterocycles. The van der Waals surface area contributed by atoms with E-state index in [2.05, 4.69) is 20.9 Å². The van der Waals surface area contributed by atoms with E-state index >= 15 is 0 Å². The Kier molecular flexibility index (Phi) is 8.74. The van der Waals surface area contributed by atoms with E-state index in [-0.39, 0.29) is 12.7 Å². The van der Waals surface area contributed by atoms with Gasteiger partial charge < -0.3 is 30.3 Å². The molecule has 0 fully saturated rings. The lowest BCUT2D eigenvalue weighted by atomic mass is 10.1. The molecule has 0 aliphatic carbocycles. The summed E-state index contributed by atoms with van der Waals surface area (Å²) in [4.78, 5) is 19.1. The molecule has 2 aromatic rings. The lowest BCUT2D eigenvalue weighted by molar-refractivity contribution is 0.0951. The Bertz CT molecular complexity index is 930. The molecule has 0 aromatic heterocycles. The summed E-state index contributed by atoms with van der Waals surface area (Å²) >= 11 is 0. The number of rotatable bonds is 10. The predicted molar refractivity (Wildman–Crippen MR) is 126 cm³/mol. The third kappa shape index (κ3) is 7.16. The van der Waals surface area contributed by atoms with Crippen molar-refractivity contribution in [3.05, 3.63) is 59.2 Å². The normalized spacial score (nSPS) is 12.7. The highest BCUT2D eigenvalue weighted by atomic mass is 16.7. The van der Waals surface area contributed by atoms with Crippen LogP contribution in [0.5, 0.6) is 11.5 Å². The molecule has 0 bridgehead atoms. The minimum absolute atomic E-state index is 0.0635. The first-order valence-electron chi connectivity index (χ1n) is 11.0. The number of guanidine groups is 1. The second kappa shape index (κ2) is 12.0. The van der Waals surface area contributed by atoms with E-state index in [1.807, 2.05) is 68.4 Å². The highest BCUT2D eigenvalue weighted by molar-refractivity contribution is 5.94. The van der Waals surface area contributed by atoms with E-state index in [9.17, 15) is 4.79 Å². The summed E-state index contributed by atoms with van der Waals surface area (Å²) in [5.41, 5.74) is 2.81. The van der Waals surface area contributed by atoms with E-state index in [0.29, 0.717) is 18.7 Å². The molecule has 1 aliphatic heterocycles. The predicted octanol–water partition coefficient (Wildman–Crippen LogP) is 2.00. The van der Waals surface area contributed by atoms with Crippen LogP contribution in [0.1, 0.15) is 28.4 Å². The van der Waals surface area contributed by atoms with Crippen LogP contribution in [0.25, 0.3) is 0 Å². The maximum Gasteiger partial charge on any atom is 0.251 e. The number of fused-ring (bicyclic) bond motifs is 1. The molecule has 8 heteroatoms. The SMILES string of the molecule is CCNC(=NCc1cccc(C(=O)NCCN(C)C)c1)NCCc1ccc2c(c1)OCO2. The Balaban J connectivity index is 1.52. The topological polar surface area (TPSA) is 87.2 Å². The molecule has 3 N–H and O–H groups in total. The Morgan fingerprint density at radius 2 is 1.84 bits per heavy atom. The van der Waals surface area contributed by atoms with Crippen molar-refractivity contribution >= 4 is 11.9 Å². The number of aliphatic imine (C=N–C) groups is 1. The lowest BCUT2D eigenvalue weighted by Crippen LogP contribution is -2.38. The van der Waals surface area contributed by atoms with Crippen molar-refractivity contribution in [3.8, 4) is 11.5 Å². The minimum Gasteiger partial charge on any atom is -0.454 e. The standard InChI is InChI=1S/C24H33N5O3/c1-4-25-24(27-11-10-18-8-9-21-22(15-18)32-17-31-21)28-16-19-6-5-7-20(14-19)23(30)26-12-13-29(2)3/h5-9,14-15H,4,10-13,16-17H2,1-3H3,(H,26,30)(H2,25,27,28). The molecule has 2 aromatic carbocycles. The van der Waals surface area contributed by atoms with E-state index < -0.39 is 0 Å². The molecule has 3 rings (SSSR count). The number of hydrogen-bond acceptors (Lipinski definition) is 5. The van der Waals surface area contributed by atoms with Gasteiger partial charge in [0.15, 0.2) is 17.5 Å². The van der Waals surface area contributed by atoms with Gasteiger partial charge in [-0.05, 0) is 62.8 Å². The van der Waals surface area contributed by atoms with Crippen LogP contribution in [0, 0.1) is 0 Å². The van der Waals surface area contributed by atoms with Gasteiger partial charge in [-0.15, -0.1) is 0 Å². The summed E-state index contributed by atoms with van der Waals surface area (Å²) < 4.78 is 10.8. The van der Waals surface area contributed by atoms with Crippen LogP contribution in [0.15, 0.2) is 47.5 Å². The first-order valence-corrected chi connectivity index (χ1v) is 11.0. The van der Waals surface area contributed by atoms with Gasteiger partial charge in [-0.2, -0.15) is 0 Å². The largest absolute Gasteiger partial charge is 0.454 e. The zero-order chi connectivity index (χ0) is 22.8. The second-order valence-electron chi connectivity index (χ2n) is 7.82. The number of hydrogen-bond donors (Lipinski definition) is 3. The fourth-order valence-electron chi connectivity index (χ4n) is 3.24. The Hall–Kier alpha value is -3.26. The van der Waals surface area contributed by atoms with Gasteiger partial charge in [0.25, 0.3) is 5.91 Å². The molecule has 0 unspecified atom stereocenters.